The van der Waals surface area contributed by atoms with Gasteiger partial charge in [0.2, 0.25) is 0 Å². The molecule has 148 valence electrons. The Morgan fingerprint density at radius 3 is 2.50 bits per heavy atom. The van der Waals surface area contributed by atoms with Gasteiger partial charge < -0.3 is 9.26 Å². The first-order chi connectivity index (χ1) is 13.2. The molecule has 28 heavy (non-hydrogen) atoms. The zero-order valence-electron chi connectivity index (χ0n) is 14.9. The smallest absolute Gasteiger partial charge is 0.471 e. The monoisotopic (exact) mass is 411 g/mol. The second-order valence-electron chi connectivity index (χ2n) is 5.93. The highest BCUT2D eigenvalue weighted by Gasteiger charge is 2.38. The number of nitrogens with zero attached hydrogens (tertiary/aromatic N) is 3. The van der Waals surface area contributed by atoms with E-state index >= 15 is 0 Å². The van der Waals surface area contributed by atoms with Crippen molar-refractivity contribution < 1.29 is 26.6 Å². The van der Waals surface area contributed by atoms with Crippen LogP contribution in [0.5, 0.6) is 5.75 Å². The summed E-state index contributed by atoms with van der Waals surface area (Å²) in [5, 5.41) is 3.33. The summed E-state index contributed by atoms with van der Waals surface area (Å²) >= 11 is 0. The third-order valence-electron chi connectivity index (χ3n) is 3.77. The number of ether oxygens (including phenoxy) is 1. The van der Waals surface area contributed by atoms with Crippen molar-refractivity contribution in [1.29, 1.82) is 0 Å². The SMILES string of the molecule is COc1cccc(S(C)(=O)=Nc2ccc(Cc3noc(C(F)(F)F)n3)cc2)c1. The summed E-state index contributed by atoms with van der Waals surface area (Å²) in [4.78, 5) is 3.86. The summed E-state index contributed by atoms with van der Waals surface area (Å²) in [6, 6.07) is 13.4. The van der Waals surface area contributed by atoms with Crippen molar-refractivity contribution in [1.82, 2.24) is 10.1 Å². The molecule has 0 bridgehead atoms. The summed E-state index contributed by atoms with van der Waals surface area (Å²) in [5.41, 5.74) is 1.14. The maximum atomic E-state index is 12.9. The molecule has 0 spiro atoms. The van der Waals surface area contributed by atoms with Crippen molar-refractivity contribution in [3.8, 4) is 5.75 Å². The standard InChI is InChI=1S/C18H16F3N3O3S/c1-26-14-4-3-5-15(11-14)28(2,25)24-13-8-6-12(7-9-13)10-16-22-17(27-23-16)18(19,20)21/h3-9,11H,10H2,1-2H3. The van der Waals surface area contributed by atoms with E-state index in [0.29, 0.717) is 21.9 Å². The zero-order valence-corrected chi connectivity index (χ0v) is 15.8. The Morgan fingerprint density at radius 2 is 1.89 bits per heavy atom. The number of rotatable bonds is 5. The minimum Gasteiger partial charge on any atom is -0.497 e. The van der Waals surface area contributed by atoms with Gasteiger partial charge in [0, 0.05) is 12.7 Å². The van der Waals surface area contributed by atoms with E-state index < -0.39 is 21.8 Å². The fourth-order valence-corrected chi connectivity index (χ4v) is 3.68. The summed E-state index contributed by atoms with van der Waals surface area (Å²) in [7, 11) is -1.18. The van der Waals surface area contributed by atoms with Gasteiger partial charge in [-0.25, -0.2) is 4.21 Å². The normalized spacial score (nSPS) is 13.8. The second-order valence-corrected chi connectivity index (χ2v) is 8.19. The third-order valence-corrected chi connectivity index (χ3v) is 5.46. The van der Waals surface area contributed by atoms with Gasteiger partial charge in [-0.3, -0.25) is 0 Å². The Kier molecular flexibility index (Phi) is 5.41. The van der Waals surface area contributed by atoms with Crippen LogP contribution in [0.4, 0.5) is 18.9 Å². The van der Waals surface area contributed by atoms with E-state index in [2.05, 4.69) is 19.0 Å². The lowest BCUT2D eigenvalue weighted by atomic mass is 10.1. The average Bonchev–Trinajstić information content (AvgIpc) is 3.12. The number of halogens is 3. The number of hydrogen-bond acceptors (Lipinski definition) is 6. The molecule has 10 heteroatoms. The van der Waals surface area contributed by atoms with Gasteiger partial charge in [-0.05, 0) is 35.9 Å². The molecule has 0 saturated carbocycles. The summed E-state index contributed by atoms with van der Waals surface area (Å²) < 4.78 is 64.1. The van der Waals surface area contributed by atoms with Crippen LogP contribution in [0.1, 0.15) is 17.3 Å². The molecule has 0 N–H and O–H groups in total. The van der Waals surface area contributed by atoms with Gasteiger partial charge >= 0.3 is 12.1 Å². The third kappa shape index (κ3) is 4.69. The Labute approximate surface area is 159 Å². The molecule has 1 aromatic heterocycles. The molecule has 0 saturated heterocycles. The molecular weight excluding hydrogens is 395 g/mol. The molecule has 1 atom stereocenters. The fourth-order valence-electron chi connectivity index (χ4n) is 2.39. The second kappa shape index (κ2) is 7.63. The van der Waals surface area contributed by atoms with Crippen LogP contribution in [0.2, 0.25) is 0 Å². The summed E-state index contributed by atoms with van der Waals surface area (Å²) in [6.07, 6.45) is -3.08. The van der Waals surface area contributed by atoms with Gasteiger partial charge in [0.25, 0.3) is 0 Å². The van der Waals surface area contributed by atoms with Crippen LogP contribution in [0.15, 0.2) is 62.3 Å². The van der Waals surface area contributed by atoms with E-state index in [9.17, 15) is 17.4 Å². The molecule has 0 radical (unpaired) electrons. The van der Waals surface area contributed by atoms with E-state index in [1.54, 1.807) is 48.5 Å². The predicted molar refractivity (Wildman–Crippen MR) is 96.0 cm³/mol. The van der Waals surface area contributed by atoms with E-state index in [1.807, 2.05) is 0 Å². The molecule has 0 aliphatic carbocycles. The van der Waals surface area contributed by atoms with Crippen molar-refractivity contribution in [3.63, 3.8) is 0 Å². The first-order valence-corrected chi connectivity index (χ1v) is 9.95. The average molecular weight is 411 g/mol. The minimum absolute atomic E-state index is 0.0667. The molecule has 1 heterocycles. The molecule has 0 amide bonds. The van der Waals surface area contributed by atoms with Crippen molar-refractivity contribution in [2.24, 2.45) is 4.36 Å². The van der Waals surface area contributed by atoms with Crippen LogP contribution < -0.4 is 4.74 Å². The first-order valence-electron chi connectivity index (χ1n) is 8.02. The minimum atomic E-state index is -4.67. The van der Waals surface area contributed by atoms with E-state index in [0.717, 1.165) is 0 Å². The lowest BCUT2D eigenvalue weighted by molar-refractivity contribution is -0.159. The molecule has 0 aliphatic heterocycles. The molecule has 3 aromatic rings. The van der Waals surface area contributed by atoms with Gasteiger partial charge in [-0.1, -0.05) is 23.4 Å². The molecule has 1 unspecified atom stereocenters. The maximum absolute atomic E-state index is 12.9. The largest absolute Gasteiger partial charge is 0.497 e. The van der Waals surface area contributed by atoms with Crippen LogP contribution in [0, 0.1) is 0 Å². The van der Waals surface area contributed by atoms with Crippen LogP contribution in [0.25, 0.3) is 0 Å². The van der Waals surface area contributed by atoms with E-state index in [-0.39, 0.29) is 12.2 Å². The Balaban J connectivity index is 1.79. The molecule has 0 aliphatic rings. The van der Waals surface area contributed by atoms with Crippen molar-refractivity contribution >= 4 is 15.4 Å². The van der Waals surface area contributed by atoms with Crippen LogP contribution in [-0.4, -0.2) is 27.7 Å². The van der Waals surface area contributed by atoms with Crippen molar-refractivity contribution in [2.75, 3.05) is 13.4 Å². The van der Waals surface area contributed by atoms with Gasteiger partial charge in [0.15, 0.2) is 5.82 Å². The number of hydrogen-bond donors (Lipinski definition) is 0. The number of benzene rings is 2. The first kappa shape index (κ1) is 19.9. The van der Waals surface area contributed by atoms with Crippen LogP contribution >= 0.6 is 0 Å². The highest BCUT2D eigenvalue weighted by atomic mass is 32.2. The molecular formula is C18H16F3N3O3S. The Bertz CT molecular complexity index is 1090. The van der Waals surface area contributed by atoms with Gasteiger partial charge in [-0.15, -0.1) is 0 Å². The Hall–Kier alpha value is -2.88. The van der Waals surface area contributed by atoms with Crippen molar-refractivity contribution in [2.45, 2.75) is 17.5 Å². The molecule has 3 rings (SSSR count). The topological polar surface area (TPSA) is 77.6 Å². The van der Waals surface area contributed by atoms with E-state index in [4.69, 9.17) is 4.74 Å². The van der Waals surface area contributed by atoms with E-state index in [1.165, 1.54) is 13.4 Å². The van der Waals surface area contributed by atoms with Gasteiger partial charge in [0.1, 0.15) is 5.75 Å². The van der Waals surface area contributed by atoms with Crippen LogP contribution in [0.3, 0.4) is 0 Å². The number of alkyl halides is 3. The molecule has 0 fully saturated rings. The Morgan fingerprint density at radius 1 is 1.18 bits per heavy atom. The highest BCUT2D eigenvalue weighted by Crippen LogP contribution is 2.28. The van der Waals surface area contributed by atoms with Gasteiger partial charge in [-0.2, -0.15) is 22.5 Å². The lowest BCUT2D eigenvalue weighted by Crippen LogP contribution is -2.05. The van der Waals surface area contributed by atoms with Crippen LogP contribution in [-0.2, 0) is 22.3 Å². The van der Waals surface area contributed by atoms with Gasteiger partial charge in [0.05, 0.1) is 27.4 Å². The predicted octanol–water partition coefficient (Wildman–Crippen LogP) is 4.48. The maximum Gasteiger partial charge on any atom is 0.471 e. The summed E-state index contributed by atoms with van der Waals surface area (Å²) in [5.74, 6) is -0.873. The highest BCUT2D eigenvalue weighted by molar-refractivity contribution is 7.93. The number of aromatic nitrogens is 2. The molecule has 2 aromatic carbocycles. The fraction of sp³-hybridized carbons (Fsp3) is 0.222. The van der Waals surface area contributed by atoms with Crippen molar-refractivity contribution in [3.05, 3.63) is 65.8 Å². The zero-order chi connectivity index (χ0) is 20.4. The lowest BCUT2D eigenvalue weighted by Gasteiger charge is -2.07. The quantitative estimate of drug-likeness (QED) is 0.619. The summed E-state index contributed by atoms with van der Waals surface area (Å²) in [6.45, 7) is 0. The number of methoxy groups -OCH3 is 1. The molecule has 6 nitrogen and oxygen atoms in total.